The average Bonchev–Trinajstić information content (AvgIpc) is 2.59. The topological polar surface area (TPSA) is 29.3 Å². The number of hydrogen-bond acceptors (Lipinski definition) is 3. The fourth-order valence-corrected chi connectivity index (χ4v) is 4.13. The van der Waals surface area contributed by atoms with E-state index >= 15 is 0 Å². The third-order valence-corrected chi connectivity index (χ3v) is 6.06. The van der Waals surface area contributed by atoms with Crippen LogP contribution in [0.15, 0.2) is 14.3 Å². The van der Waals surface area contributed by atoms with E-state index in [1.165, 1.54) is 8.66 Å². The maximum Gasteiger partial charge on any atom is 0.0843 e. The lowest BCUT2D eigenvalue weighted by molar-refractivity contribution is 0.322. The Morgan fingerprint density at radius 2 is 2.27 bits per heavy atom. The van der Waals surface area contributed by atoms with Crippen LogP contribution in [0.4, 0.5) is 0 Å². The largest absolute Gasteiger partial charge is 0.326 e. The van der Waals surface area contributed by atoms with Crippen LogP contribution in [0.25, 0.3) is 0 Å². The van der Waals surface area contributed by atoms with Crippen molar-refractivity contribution < 1.29 is 0 Å². The van der Waals surface area contributed by atoms with Gasteiger partial charge in [-0.3, -0.25) is 4.90 Å². The van der Waals surface area contributed by atoms with Crippen molar-refractivity contribution in [1.29, 1.82) is 0 Å². The molecule has 15 heavy (non-hydrogen) atoms. The Morgan fingerprint density at radius 1 is 1.53 bits per heavy atom. The Kier molecular flexibility index (Phi) is 3.88. The smallest absolute Gasteiger partial charge is 0.0843 e. The second-order valence-electron chi connectivity index (χ2n) is 4.17. The van der Waals surface area contributed by atoms with Gasteiger partial charge in [0.2, 0.25) is 0 Å². The summed E-state index contributed by atoms with van der Waals surface area (Å²) in [5.41, 5.74) is 6.00. The standard InChI is InChI=1S/C10H14Br2N2S/c1-6-3-14(5-9(6)13)4-7-2-8(11)10(12)15-7/h2,6,9H,3-5,13H2,1H3. The van der Waals surface area contributed by atoms with Gasteiger partial charge in [-0.15, -0.1) is 11.3 Å². The number of thiophene rings is 1. The van der Waals surface area contributed by atoms with Gasteiger partial charge in [-0.25, -0.2) is 0 Å². The molecule has 2 rings (SSSR count). The first-order chi connectivity index (χ1) is 7.06. The molecule has 0 aromatic carbocycles. The predicted octanol–water partition coefficient (Wildman–Crippen LogP) is 3.05. The van der Waals surface area contributed by atoms with E-state index in [2.05, 4.69) is 49.7 Å². The van der Waals surface area contributed by atoms with Crippen molar-refractivity contribution in [3.05, 3.63) is 19.2 Å². The van der Waals surface area contributed by atoms with E-state index < -0.39 is 0 Å². The molecule has 2 atom stereocenters. The molecular formula is C10H14Br2N2S. The van der Waals surface area contributed by atoms with Gasteiger partial charge in [0.15, 0.2) is 0 Å². The number of halogens is 2. The van der Waals surface area contributed by atoms with Crippen molar-refractivity contribution in [3.63, 3.8) is 0 Å². The van der Waals surface area contributed by atoms with Gasteiger partial charge in [-0.05, 0) is 43.8 Å². The molecule has 0 amide bonds. The number of rotatable bonds is 2. The van der Waals surface area contributed by atoms with Crippen molar-refractivity contribution in [2.24, 2.45) is 11.7 Å². The molecule has 0 radical (unpaired) electrons. The van der Waals surface area contributed by atoms with Crippen LogP contribution in [0.2, 0.25) is 0 Å². The van der Waals surface area contributed by atoms with E-state index in [4.69, 9.17) is 5.73 Å². The van der Waals surface area contributed by atoms with Crippen LogP contribution in [0.5, 0.6) is 0 Å². The van der Waals surface area contributed by atoms with Gasteiger partial charge in [-0.2, -0.15) is 0 Å². The molecule has 1 saturated heterocycles. The summed E-state index contributed by atoms with van der Waals surface area (Å²) in [4.78, 5) is 3.81. The number of likely N-dealkylation sites (tertiary alicyclic amines) is 1. The van der Waals surface area contributed by atoms with Crippen LogP contribution < -0.4 is 5.73 Å². The van der Waals surface area contributed by atoms with E-state index in [1.807, 2.05) is 0 Å². The SMILES string of the molecule is CC1CN(Cc2cc(Br)c(Br)s2)CC1N. The molecule has 1 aromatic rings. The zero-order valence-electron chi connectivity index (χ0n) is 8.54. The normalized spacial score (nSPS) is 27.5. The minimum absolute atomic E-state index is 0.344. The van der Waals surface area contributed by atoms with Gasteiger partial charge < -0.3 is 5.73 Å². The lowest BCUT2D eigenvalue weighted by atomic mass is 10.1. The lowest BCUT2D eigenvalue weighted by Crippen LogP contribution is -2.28. The summed E-state index contributed by atoms with van der Waals surface area (Å²) < 4.78 is 2.33. The van der Waals surface area contributed by atoms with Gasteiger partial charge in [0.25, 0.3) is 0 Å². The minimum atomic E-state index is 0.344. The van der Waals surface area contributed by atoms with E-state index in [0.29, 0.717) is 12.0 Å². The second-order valence-corrected chi connectivity index (χ2v) is 7.48. The van der Waals surface area contributed by atoms with Crippen molar-refractivity contribution in [1.82, 2.24) is 4.90 Å². The molecule has 1 aliphatic rings. The molecule has 0 bridgehead atoms. The molecule has 84 valence electrons. The summed E-state index contributed by atoms with van der Waals surface area (Å²) in [5, 5.41) is 0. The van der Waals surface area contributed by atoms with Crippen LogP contribution in [0.1, 0.15) is 11.8 Å². The highest BCUT2D eigenvalue weighted by Gasteiger charge is 2.26. The van der Waals surface area contributed by atoms with Gasteiger partial charge in [-0.1, -0.05) is 6.92 Å². The third-order valence-electron chi connectivity index (χ3n) is 2.82. The number of hydrogen-bond donors (Lipinski definition) is 1. The van der Waals surface area contributed by atoms with E-state index in [-0.39, 0.29) is 0 Å². The van der Waals surface area contributed by atoms with Crippen LogP contribution in [0.3, 0.4) is 0 Å². The molecule has 2 nitrogen and oxygen atoms in total. The van der Waals surface area contributed by atoms with Crippen molar-refractivity contribution >= 4 is 43.2 Å². The Balaban J connectivity index is 1.98. The lowest BCUT2D eigenvalue weighted by Gasteiger charge is -2.13. The molecular weight excluding hydrogens is 340 g/mol. The Bertz CT molecular complexity index is 324. The van der Waals surface area contributed by atoms with E-state index in [9.17, 15) is 0 Å². The van der Waals surface area contributed by atoms with Gasteiger partial charge in [0, 0.05) is 35.0 Å². The van der Waals surface area contributed by atoms with Gasteiger partial charge in [0.1, 0.15) is 0 Å². The average molecular weight is 354 g/mol. The monoisotopic (exact) mass is 352 g/mol. The second kappa shape index (κ2) is 4.84. The minimum Gasteiger partial charge on any atom is -0.326 e. The van der Waals surface area contributed by atoms with Crippen molar-refractivity contribution in [2.45, 2.75) is 19.5 Å². The summed E-state index contributed by atoms with van der Waals surface area (Å²) in [7, 11) is 0. The number of nitrogens with two attached hydrogens (primary N) is 1. The predicted molar refractivity (Wildman–Crippen MR) is 72.1 cm³/mol. The summed E-state index contributed by atoms with van der Waals surface area (Å²) in [6, 6.07) is 2.53. The van der Waals surface area contributed by atoms with Crippen LogP contribution in [-0.4, -0.2) is 24.0 Å². The first kappa shape index (κ1) is 12.0. The Hall–Kier alpha value is 0.580. The van der Waals surface area contributed by atoms with Crippen molar-refractivity contribution in [3.8, 4) is 0 Å². The molecule has 1 aromatic heterocycles. The zero-order chi connectivity index (χ0) is 11.0. The molecule has 2 heterocycles. The van der Waals surface area contributed by atoms with E-state index in [0.717, 1.165) is 24.1 Å². The molecule has 0 saturated carbocycles. The summed E-state index contributed by atoms with van der Waals surface area (Å²) >= 11 is 8.82. The molecule has 0 aliphatic carbocycles. The highest BCUT2D eigenvalue weighted by atomic mass is 79.9. The molecule has 2 N–H and O–H groups in total. The third kappa shape index (κ3) is 2.82. The highest BCUT2D eigenvalue weighted by Crippen LogP contribution is 2.33. The first-order valence-corrected chi connectivity index (χ1v) is 7.38. The maximum absolute atomic E-state index is 6.00. The van der Waals surface area contributed by atoms with E-state index in [1.54, 1.807) is 11.3 Å². The molecule has 1 fully saturated rings. The maximum atomic E-state index is 6.00. The highest BCUT2D eigenvalue weighted by molar-refractivity contribution is 9.13. The quantitative estimate of drug-likeness (QED) is 0.885. The van der Waals surface area contributed by atoms with Crippen molar-refractivity contribution in [2.75, 3.05) is 13.1 Å². The molecule has 2 unspecified atom stereocenters. The molecule has 1 aliphatic heterocycles. The molecule has 0 spiro atoms. The summed E-state index contributed by atoms with van der Waals surface area (Å²) in [6.07, 6.45) is 0. The summed E-state index contributed by atoms with van der Waals surface area (Å²) in [5.74, 6) is 0.622. The zero-order valence-corrected chi connectivity index (χ0v) is 12.5. The van der Waals surface area contributed by atoms with Gasteiger partial charge >= 0.3 is 0 Å². The van der Waals surface area contributed by atoms with Crippen LogP contribution in [0, 0.1) is 5.92 Å². The van der Waals surface area contributed by atoms with Crippen LogP contribution >= 0.6 is 43.2 Å². The Labute approximate surface area is 111 Å². The summed E-state index contributed by atoms with van der Waals surface area (Å²) in [6.45, 7) is 5.39. The molecule has 5 heteroatoms. The number of nitrogens with zero attached hydrogens (tertiary/aromatic N) is 1. The fourth-order valence-electron chi connectivity index (χ4n) is 1.91. The Morgan fingerprint density at radius 3 is 2.73 bits per heavy atom. The first-order valence-electron chi connectivity index (χ1n) is 4.98. The van der Waals surface area contributed by atoms with Gasteiger partial charge in [0.05, 0.1) is 3.79 Å². The van der Waals surface area contributed by atoms with Crippen LogP contribution in [-0.2, 0) is 6.54 Å². The fraction of sp³-hybridized carbons (Fsp3) is 0.600.